The second kappa shape index (κ2) is 3.48. The molecule has 0 aromatic rings. The molecule has 84 valence electrons. The van der Waals surface area contributed by atoms with Crippen molar-refractivity contribution in [2.45, 2.75) is 30.5 Å². The van der Waals surface area contributed by atoms with Gasteiger partial charge in [-0.05, 0) is 6.08 Å². The van der Waals surface area contributed by atoms with Crippen molar-refractivity contribution in [3.63, 3.8) is 0 Å². The summed E-state index contributed by atoms with van der Waals surface area (Å²) in [5.41, 5.74) is 0. The van der Waals surface area contributed by atoms with Gasteiger partial charge in [0.2, 0.25) is 0 Å². The molecular weight excluding hydrogens is 202 g/mol. The predicted molar refractivity (Wildman–Crippen MR) is 49.0 cm³/mol. The van der Waals surface area contributed by atoms with Gasteiger partial charge in [0.1, 0.15) is 30.5 Å². The predicted octanol–water partition coefficient (Wildman–Crippen LogP) is -1.54. The summed E-state index contributed by atoms with van der Waals surface area (Å²) in [5, 5.41) is 28.6. The molecule has 1 amide bonds. The quantitative estimate of drug-likeness (QED) is 0.461. The normalized spacial score (nSPS) is 44.9. The Kier molecular flexibility index (Phi) is 2.41. The fourth-order valence-electron chi connectivity index (χ4n) is 2.05. The van der Waals surface area contributed by atoms with Gasteiger partial charge in [-0.3, -0.25) is 4.90 Å². The fourth-order valence-corrected chi connectivity index (χ4v) is 2.05. The first-order chi connectivity index (χ1) is 7.06. The number of carbonyl (C=O) groups is 1. The van der Waals surface area contributed by atoms with E-state index in [0.717, 1.165) is 0 Å². The minimum atomic E-state index is -1.26. The number of ether oxygens (including phenoxy) is 1. The maximum absolute atomic E-state index is 11.3. The van der Waals surface area contributed by atoms with Gasteiger partial charge < -0.3 is 20.1 Å². The van der Waals surface area contributed by atoms with Gasteiger partial charge in [-0.2, -0.15) is 0 Å². The van der Waals surface area contributed by atoms with Crippen LogP contribution in [0.2, 0.25) is 0 Å². The Balaban J connectivity index is 2.26. The Morgan fingerprint density at radius 1 is 1.40 bits per heavy atom. The third kappa shape index (κ3) is 1.41. The van der Waals surface area contributed by atoms with Gasteiger partial charge in [-0.25, -0.2) is 4.79 Å². The van der Waals surface area contributed by atoms with Crippen molar-refractivity contribution < 1.29 is 24.9 Å². The molecule has 0 spiro atoms. The van der Waals surface area contributed by atoms with Gasteiger partial charge >= 0.3 is 6.09 Å². The molecule has 5 unspecified atom stereocenters. The van der Waals surface area contributed by atoms with E-state index in [1.165, 1.54) is 11.0 Å². The van der Waals surface area contributed by atoms with Gasteiger partial charge in [0, 0.05) is 0 Å². The standard InChI is InChI=1S/C9H13NO5/c1-2-5-6-8(13)7(12)4(11)3-10(6)9(14)15-5/h2,4-8,11-13H,1,3H2. The molecule has 0 bridgehead atoms. The first-order valence-electron chi connectivity index (χ1n) is 4.70. The number of aliphatic hydroxyl groups is 3. The van der Waals surface area contributed by atoms with Crippen LogP contribution < -0.4 is 0 Å². The zero-order chi connectivity index (χ0) is 11.2. The van der Waals surface area contributed by atoms with Crippen molar-refractivity contribution in [2.24, 2.45) is 0 Å². The topological polar surface area (TPSA) is 90.2 Å². The SMILES string of the molecule is C=CC1OC(=O)N2CC(O)C(O)C(O)C12. The molecule has 2 rings (SSSR count). The van der Waals surface area contributed by atoms with E-state index in [1.807, 2.05) is 0 Å². The van der Waals surface area contributed by atoms with Crippen LogP contribution in [0.1, 0.15) is 0 Å². The zero-order valence-electron chi connectivity index (χ0n) is 7.98. The summed E-state index contributed by atoms with van der Waals surface area (Å²) in [6, 6.07) is -0.659. The van der Waals surface area contributed by atoms with Crippen molar-refractivity contribution in [2.75, 3.05) is 6.54 Å². The van der Waals surface area contributed by atoms with E-state index < -0.39 is 36.6 Å². The van der Waals surface area contributed by atoms with Crippen LogP contribution in [0.25, 0.3) is 0 Å². The second-order valence-electron chi connectivity index (χ2n) is 3.78. The highest BCUT2D eigenvalue weighted by molar-refractivity contribution is 5.71. The molecule has 0 radical (unpaired) electrons. The number of aliphatic hydroxyl groups excluding tert-OH is 3. The van der Waals surface area contributed by atoms with Crippen LogP contribution in [0.5, 0.6) is 0 Å². The number of cyclic esters (lactones) is 1. The Hall–Kier alpha value is -1.11. The molecule has 6 nitrogen and oxygen atoms in total. The van der Waals surface area contributed by atoms with Crippen molar-refractivity contribution in [1.82, 2.24) is 4.90 Å². The van der Waals surface area contributed by atoms with Crippen LogP contribution in [0, 0.1) is 0 Å². The van der Waals surface area contributed by atoms with Crippen LogP contribution in [0.3, 0.4) is 0 Å². The number of hydrogen-bond acceptors (Lipinski definition) is 5. The molecule has 0 saturated carbocycles. The molecule has 2 aliphatic heterocycles. The lowest BCUT2D eigenvalue weighted by Crippen LogP contribution is -2.61. The molecule has 6 heteroatoms. The molecule has 2 saturated heterocycles. The van der Waals surface area contributed by atoms with Gasteiger partial charge in [-0.15, -0.1) is 0 Å². The van der Waals surface area contributed by atoms with Gasteiger partial charge in [0.15, 0.2) is 0 Å². The minimum absolute atomic E-state index is 0.0356. The number of hydrogen-bond donors (Lipinski definition) is 3. The monoisotopic (exact) mass is 215 g/mol. The molecule has 2 aliphatic rings. The van der Waals surface area contributed by atoms with Crippen molar-refractivity contribution >= 4 is 6.09 Å². The molecule has 3 N–H and O–H groups in total. The van der Waals surface area contributed by atoms with Crippen molar-refractivity contribution in [3.05, 3.63) is 12.7 Å². The third-order valence-corrected chi connectivity index (χ3v) is 2.88. The number of piperidine rings is 1. The van der Waals surface area contributed by atoms with Crippen LogP contribution in [0.15, 0.2) is 12.7 Å². The molecule has 2 heterocycles. The Morgan fingerprint density at radius 2 is 2.07 bits per heavy atom. The average molecular weight is 215 g/mol. The summed E-state index contributed by atoms with van der Waals surface area (Å²) in [4.78, 5) is 12.5. The van der Waals surface area contributed by atoms with Crippen molar-refractivity contribution in [3.8, 4) is 0 Å². The second-order valence-corrected chi connectivity index (χ2v) is 3.78. The number of nitrogens with zero attached hydrogens (tertiary/aromatic N) is 1. The smallest absolute Gasteiger partial charge is 0.411 e. The van der Waals surface area contributed by atoms with Crippen LogP contribution >= 0.6 is 0 Å². The molecule has 2 fully saturated rings. The van der Waals surface area contributed by atoms with Gasteiger partial charge in [0.25, 0.3) is 0 Å². The summed E-state index contributed by atoms with van der Waals surface area (Å²) in [6.07, 6.45) is -3.47. The Bertz CT molecular complexity index is 294. The van der Waals surface area contributed by atoms with E-state index in [9.17, 15) is 20.1 Å². The minimum Gasteiger partial charge on any atom is -0.440 e. The van der Waals surface area contributed by atoms with E-state index >= 15 is 0 Å². The summed E-state index contributed by atoms with van der Waals surface area (Å²) < 4.78 is 4.91. The molecular formula is C9H13NO5. The number of amides is 1. The maximum Gasteiger partial charge on any atom is 0.411 e. The highest BCUT2D eigenvalue weighted by atomic mass is 16.6. The molecule has 0 aromatic carbocycles. The zero-order valence-corrected chi connectivity index (χ0v) is 7.98. The summed E-state index contributed by atoms with van der Waals surface area (Å²) in [5.74, 6) is 0. The van der Waals surface area contributed by atoms with Gasteiger partial charge in [0.05, 0.1) is 6.54 Å². The number of carbonyl (C=O) groups excluding carboxylic acids is 1. The first-order valence-corrected chi connectivity index (χ1v) is 4.70. The molecule has 15 heavy (non-hydrogen) atoms. The van der Waals surface area contributed by atoms with Crippen molar-refractivity contribution in [1.29, 1.82) is 0 Å². The fraction of sp³-hybridized carbons (Fsp3) is 0.667. The van der Waals surface area contributed by atoms with E-state index in [1.54, 1.807) is 0 Å². The lowest BCUT2D eigenvalue weighted by molar-refractivity contribution is -0.121. The van der Waals surface area contributed by atoms with E-state index in [0.29, 0.717) is 0 Å². The summed E-state index contributed by atoms with van der Waals surface area (Å²) >= 11 is 0. The third-order valence-electron chi connectivity index (χ3n) is 2.88. The van der Waals surface area contributed by atoms with Crippen LogP contribution in [-0.4, -0.2) is 63.3 Å². The number of rotatable bonds is 1. The molecule has 5 atom stereocenters. The summed E-state index contributed by atoms with van der Waals surface area (Å²) in [6.45, 7) is 3.45. The maximum atomic E-state index is 11.3. The Labute approximate surface area is 86.4 Å². The largest absolute Gasteiger partial charge is 0.440 e. The lowest BCUT2D eigenvalue weighted by Gasteiger charge is -2.38. The molecule has 0 aliphatic carbocycles. The Morgan fingerprint density at radius 3 is 2.67 bits per heavy atom. The number of fused-ring (bicyclic) bond motifs is 1. The van der Waals surface area contributed by atoms with E-state index in [4.69, 9.17) is 4.74 Å². The first kappa shape index (κ1) is 10.4. The highest BCUT2D eigenvalue weighted by Gasteiger charge is 2.52. The van der Waals surface area contributed by atoms with Crippen LogP contribution in [-0.2, 0) is 4.74 Å². The van der Waals surface area contributed by atoms with E-state index in [2.05, 4.69) is 6.58 Å². The van der Waals surface area contributed by atoms with Crippen LogP contribution in [0.4, 0.5) is 4.79 Å². The highest BCUT2D eigenvalue weighted by Crippen LogP contribution is 2.29. The lowest BCUT2D eigenvalue weighted by atomic mass is 9.91. The molecule has 0 aromatic heterocycles. The van der Waals surface area contributed by atoms with Gasteiger partial charge in [-0.1, -0.05) is 6.58 Å². The summed E-state index contributed by atoms with van der Waals surface area (Å²) in [7, 11) is 0. The average Bonchev–Trinajstić information content (AvgIpc) is 2.52. The van der Waals surface area contributed by atoms with E-state index in [-0.39, 0.29) is 6.54 Å².